The summed E-state index contributed by atoms with van der Waals surface area (Å²) in [5, 5.41) is 19.6. The van der Waals surface area contributed by atoms with E-state index in [0.717, 1.165) is 11.3 Å². The highest BCUT2D eigenvalue weighted by molar-refractivity contribution is 5.14. The molecule has 0 aliphatic rings. The van der Waals surface area contributed by atoms with Crippen molar-refractivity contribution >= 4 is 0 Å². The lowest BCUT2D eigenvalue weighted by molar-refractivity contribution is -0.272. The van der Waals surface area contributed by atoms with Crippen molar-refractivity contribution < 1.29 is 18.3 Å². The molecule has 2 rings (SSSR count). The number of aryl methyl sites for hydroxylation is 2. The summed E-state index contributed by atoms with van der Waals surface area (Å²) in [6.07, 6.45) is -1.13. The quantitative estimate of drug-likeness (QED) is 0.703. The van der Waals surface area contributed by atoms with Gasteiger partial charge >= 0.3 is 6.18 Å². The number of H-pyrrole nitrogens is 1. The summed E-state index contributed by atoms with van der Waals surface area (Å²) in [5.74, 6) is -0.415. The van der Waals surface area contributed by atoms with E-state index in [1.54, 1.807) is 6.20 Å². The highest BCUT2D eigenvalue weighted by Gasteiger charge is 2.56. The van der Waals surface area contributed by atoms with E-state index in [0.29, 0.717) is 6.54 Å². The molecule has 0 unspecified atom stereocenters. The summed E-state index contributed by atoms with van der Waals surface area (Å²) >= 11 is 0. The molecule has 6 nitrogen and oxygen atoms in total. The molecule has 0 amide bonds. The van der Waals surface area contributed by atoms with Gasteiger partial charge in [-0.2, -0.15) is 18.3 Å². The molecule has 3 N–H and O–H groups in total. The van der Waals surface area contributed by atoms with Gasteiger partial charge in [-0.15, -0.1) is 0 Å². The molecule has 0 aromatic carbocycles. The number of nitrogens with one attached hydrogen (secondary N) is 2. The second-order valence-corrected chi connectivity index (χ2v) is 5.17. The molecule has 0 aliphatic carbocycles. The van der Waals surface area contributed by atoms with E-state index < -0.39 is 24.0 Å². The van der Waals surface area contributed by atoms with Gasteiger partial charge in [-0.05, 0) is 13.5 Å². The van der Waals surface area contributed by atoms with Crippen molar-refractivity contribution in [1.29, 1.82) is 0 Å². The average Bonchev–Trinajstić information content (AvgIpc) is 3.02. The van der Waals surface area contributed by atoms with Crippen LogP contribution in [0.2, 0.25) is 0 Å². The van der Waals surface area contributed by atoms with Crippen LogP contribution in [-0.4, -0.2) is 37.6 Å². The van der Waals surface area contributed by atoms with Gasteiger partial charge in [0.2, 0.25) is 5.60 Å². The monoisotopic (exact) mass is 317 g/mol. The topological polar surface area (TPSA) is 78.8 Å². The van der Waals surface area contributed by atoms with Gasteiger partial charge in [-0.1, -0.05) is 0 Å². The van der Waals surface area contributed by atoms with Gasteiger partial charge in [0.1, 0.15) is 5.82 Å². The van der Waals surface area contributed by atoms with Crippen molar-refractivity contribution in [3.8, 4) is 0 Å². The molecule has 0 aliphatic heterocycles. The molecule has 2 aromatic heterocycles. The van der Waals surface area contributed by atoms with E-state index in [-0.39, 0.29) is 6.54 Å². The molecule has 2 aromatic rings. The number of aliphatic hydroxyl groups is 1. The molecule has 0 saturated heterocycles. The molecule has 0 spiro atoms. The number of alkyl halides is 3. The van der Waals surface area contributed by atoms with Crippen LogP contribution < -0.4 is 5.32 Å². The van der Waals surface area contributed by atoms with E-state index in [2.05, 4.69) is 20.5 Å². The Kier molecular flexibility index (Phi) is 4.57. The largest absolute Gasteiger partial charge is 0.424 e. The molecule has 0 saturated carbocycles. The molecular formula is C13H18F3N5O. The number of hydrogen-bond donors (Lipinski definition) is 3. The fourth-order valence-electron chi connectivity index (χ4n) is 2.19. The Hall–Kier alpha value is -1.87. The van der Waals surface area contributed by atoms with Crippen LogP contribution in [0.25, 0.3) is 0 Å². The van der Waals surface area contributed by atoms with Crippen LogP contribution in [0, 0.1) is 6.92 Å². The molecule has 0 bridgehead atoms. The first kappa shape index (κ1) is 16.5. The van der Waals surface area contributed by atoms with Crippen LogP contribution in [0.15, 0.2) is 18.6 Å². The second-order valence-electron chi connectivity index (χ2n) is 5.17. The van der Waals surface area contributed by atoms with Gasteiger partial charge in [-0.25, -0.2) is 4.98 Å². The average molecular weight is 317 g/mol. The number of imidazole rings is 1. The fourth-order valence-corrected chi connectivity index (χ4v) is 2.19. The van der Waals surface area contributed by atoms with Crippen molar-refractivity contribution in [3.63, 3.8) is 0 Å². The minimum absolute atomic E-state index is 0.0203. The third kappa shape index (κ3) is 3.14. The fraction of sp³-hybridized carbons (Fsp3) is 0.538. The van der Waals surface area contributed by atoms with Crippen LogP contribution in [0.1, 0.15) is 23.5 Å². The number of halogens is 3. The maximum Gasteiger partial charge on any atom is 0.424 e. The minimum Gasteiger partial charge on any atom is -0.374 e. The van der Waals surface area contributed by atoms with Crippen molar-refractivity contribution in [1.82, 2.24) is 25.1 Å². The number of aromatic nitrogens is 4. The van der Waals surface area contributed by atoms with E-state index in [1.165, 1.54) is 24.0 Å². The van der Waals surface area contributed by atoms with E-state index >= 15 is 0 Å². The Bertz CT molecular complexity index is 621. The summed E-state index contributed by atoms with van der Waals surface area (Å²) in [5.41, 5.74) is -1.26. The van der Waals surface area contributed by atoms with Gasteiger partial charge in [-0.3, -0.25) is 5.10 Å². The summed E-state index contributed by atoms with van der Waals surface area (Å²) in [4.78, 5) is 3.65. The molecule has 1 atom stereocenters. The summed E-state index contributed by atoms with van der Waals surface area (Å²) in [6, 6.07) is 0. The van der Waals surface area contributed by atoms with E-state index in [1.807, 2.05) is 6.92 Å². The van der Waals surface area contributed by atoms with Gasteiger partial charge < -0.3 is 15.0 Å². The molecule has 9 heteroatoms. The Labute approximate surface area is 125 Å². The molecule has 122 valence electrons. The highest BCUT2D eigenvalue weighted by Crippen LogP contribution is 2.40. The summed E-state index contributed by atoms with van der Waals surface area (Å²) in [7, 11) is 1.42. The maximum absolute atomic E-state index is 13.3. The number of hydrogen-bond acceptors (Lipinski definition) is 4. The lowest BCUT2D eigenvalue weighted by atomic mass is 9.97. The maximum atomic E-state index is 13.3. The predicted molar refractivity (Wildman–Crippen MR) is 72.8 cm³/mol. The first-order valence-corrected chi connectivity index (χ1v) is 6.72. The SMILES string of the molecule is Cc1[nH]ncc1CNCC[C@@](O)(c1nccn1C)C(F)(F)F. The number of aromatic amines is 1. The Morgan fingerprint density at radius 1 is 1.41 bits per heavy atom. The zero-order valence-electron chi connectivity index (χ0n) is 12.3. The standard InChI is InChI=1S/C13H18F3N5O/c1-9-10(8-19-20-9)7-17-4-3-12(22,13(14,15)16)11-18-5-6-21(11)2/h5-6,8,17,22H,3-4,7H2,1-2H3,(H,19,20)/t12-/m1/s1. The van der Waals surface area contributed by atoms with Crippen LogP contribution in [-0.2, 0) is 19.2 Å². The van der Waals surface area contributed by atoms with Crippen molar-refractivity contribution in [3.05, 3.63) is 35.7 Å². The van der Waals surface area contributed by atoms with Crippen LogP contribution >= 0.6 is 0 Å². The lowest BCUT2D eigenvalue weighted by Gasteiger charge is -2.30. The van der Waals surface area contributed by atoms with Gasteiger partial charge in [0.15, 0.2) is 0 Å². The third-order valence-corrected chi connectivity index (χ3v) is 3.57. The van der Waals surface area contributed by atoms with E-state index in [4.69, 9.17) is 0 Å². The zero-order valence-corrected chi connectivity index (χ0v) is 12.3. The molecule has 0 fully saturated rings. The number of nitrogens with zero attached hydrogens (tertiary/aromatic N) is 3. The van der Waals surface area contributed by atoms with E-state index in [9.17, 15) is 18.3 Å². The number of rotatable bonds is 6. The normalized spacial score (nSPS) is 15.0. The molecule has 22 heavy (non-hydrogen) atoms. The molecular weight excluding hydrogens is 299 g/mol. The van der Waals surface area contributed by atoms with Crippen LogP contribution in [0.3, 0.4) is 0 Å². The van der Waals surface area contributed by atoms with Crippen molar-refractivity contribution in [2.45, 2.75) is 31.7 Å². The van der Waals surface area contributed by atoms with Crippen LogP contribution in [0.4, 0.5) is 13.2 Å². The smallest absolute Gasteiger partial charge is 0.374 e. The van der Waals surface area contributed by atoms with Crippen molar-refractivity contribution in [2.24, 2.45) is 7.05 Å². The van der Waals surface area contributed by atoms with Gasteiger partial charge in [0.25, 0.3) is 0 Å². The zero-order chi connectivity index (χ0) is 16.4. The van der Waals surface area contributed by atoms with Gasteiger partial charge in [0, 0.05) is 43.7 Å². The van der Waals surface area contributed by atoms with Gasteiger partial charge in [0.05, 0.1) is 6.20 Å². The molecule has 0 radical (unpaired) electrons. The first-order valence-electron chi connectivity index (χ1n) is 6.72. The Balaban J connectivity index is 2.03. The van der Waals surface area contributed by atoms with Crippen molar-refractivity contribution in [2.75, 3.05) is 6.54 Å². The first-order chi connectivity index (χ1) is 10.3. The lowest BCUT2D eigenvalue weighted by Crippen LogP contribution is -2.46. The second kappa shape index (κ2) is 6.09. The third-order valence-electron chi connectivity index (χ3n) is 3.57. The van der Waals surface area contributed by atoms with Crippen LogP contribution in [0.5, 0.6) is 0 Å². The summed E-state index contributed by atoms with van der Waals surface area (Å²) in [6.45, 7) is 2.17. The Morgan fingerprint density at radius 3 is 2.64 bits per heavy atom. The highest BCUT2D eigenvalue weighted by atomic mass is 19.4. The Morgan fingerprint density at radius 2 is 2.14 bits per heavy atom. The minimum atomic E-state index is -4.81. The predicted octanol–water partition coefficient (Wildman–Crippen LogP) is 1.38. The summed E-state index contributed by atoms with van der Waals surface area (Å²) < 4.78 is 41.0. The molecule has 2 heterocycles.